The minimum atomic E-state index is -0.0493. The number of pyridine rings is 1. The van der Waals surface area contributed by atoms with Crippen LogP contribution in [0.4, 0.5) is 5.69 Å². The van der Waals surface area contributed by atoms with Crippen molar-refractivity contribution < 1.29 is 4.79 Å². The van der Waals surface area contributed by atoms with Crippen LogP contribution in [-0.4, -0.2) is 27.4 Å². The summed E-state index contributed by atoms with van der Waals surface area (Å²) in [6.07, 6.45) is 5.92. The summed E-state index contributed by atoms with van der Waals surface area (Å²) in [5, 5.41) is 2.83. The van der Waals surface area contributed by atoms with Gasteiger partial charge < -0.3 is 16.0 Å². The molecule has 1 amide bonds. The maximum Gasteiger partial charge on any atom is 0.226 e. The summed E-state index contributed by atoms with van der Waals surface area (Å²) < 4.78 is 0. The fourth-order valence-corrected chi connectivity index (χ4v) is 1.53. The van der Waals surface area contributed by atoms with Gasteiger partial charge in [0.1, 0.15) is 0 Å². The number of aromatic amines is 1. The number of nitrogens with zero attached hydrogens (tertiary/aromatic N) is 2. The molecule has 94 valence electrons. The third kappa shape index (κ3) is 3.58. The minimum Gasteiger partial charge on any atom is -0.397 e. The van der Waals surface area contributed by atoms with Gasteiger partial charge in [-0.05, 0) is 12.1 Å². The van der Waals surface area contributed by atoms with Gasteiger partial charge in [-0.3, -0.25) is 9.78 Å². The number of H-pyrrole nitrogens is 1. The maximum atomic E-state index is 11.6. The monoisotopic (exact) mass is 245 g/mol. The summed E-state index contributed by atoms with van der Waals surface area (Å²) in [5.41, 5.74) is 7.83. The Bertz CT molecular complexity index is 492. The van der Waals surface area contributed by atoms with Crippen molar-refractivity contribution in [2.45, 2.75) is 12.8 Å². The van der Waals surface area contributed by atoms with Crippen molar-refractivity contribution >= 4 is 11.6 Å². The summed E-state index contributed by atoms with van der Waals surface area (Å²) in [4.78, 5) is 22.6. The predicted octanol–water partition coefficient (Wildman–Crippen LogP) is 0.288. The van der Waals surface area contributed by atoms with Crippen LogP contribution in [0.1, 0.15) is 11.4 Å². The van der Waals surface area contributed by atoms with Crippen LogP contribution in [0.15, 0.2) is 30.9 Å². The first-order valence-corrected chi connectivity index (χ1v) is 5.68. The quantitative estimate of drug-likeness (QED) is 0.705. The van der Waals surface area contributed by atoms with Gasteiger partial charge in [-0.15, -0.1) is 0 Å². The Morgan fingerprint density at radius 2 is 2.28 bits per heavy atom. The highest BCUT2D eigenvalue weighted by molar-refractivity contribution is 5.78. The Morgan fingerprint density at radius 3 is 2.94 bits per heavy atom. The number of nitrogens with two attached hydrogens (primary N) is 1. The molecule has 6 nitrogen and oxygen atoms in total. The summed E-state index contributed by atoms with van der Waals surface area (Å²) in [6.45, 7) is 0.579. The van der Waals surface area contributed by atoms with Crippen molar-refractivity contribution in [2.24, 2.45) is 0 Å². The molecule has 6 heteroatoms. The van der Waals surface area contributed by atoms with Gasteiger partial charge in [-0.2, -0.15) is 0 Å². The van der Waals surface area contributed by atoms with Crippen LogP contribution < -0.4 is 11.1 Å². The molecule has 0 radical (unpaired) electrons. The number of amides is 1. The molecular weight excluding hydrogens is 230 g/mol. The van der Waals surface area contributed by atoms with Gasteiger partial charge in [0.2, 0.25) is 5.91 Å². The van der Waals surface area contributed by atoms with Gasteiger partial charge >= 0.3 is 0 Å². The predicted molar refractivity (Wildman–Crippen MR) is 67.7 cm³/mol. The molecule has 0 bridgehead atoms. The lowest BCUT2D eigenvalue weighted by Gasteiger charge is -2.04. The number of anilines is 1. The fourth-order valence-electron chi connectivity index (χ4n) is 1.53. The first kappa shape index (κ1) is 12.1. The molecule has 0 aliphatic rings. The van der Waals surface area contributed by atoms with Gasteiger partial charge in [0.25, 0.3) is 0 Å². The van der Waals surface area contributed by atoms with Crippen LogP contribution in [-0.2, 0) is 17.6 Å². The zero-order valence-electron chi connectivity index (χ0n) is 9.89. The fraction of sp³-hybridized carbons (Fsp3) is 0.250. The highest BCUT2D eigenvalue weighted by Gasteiger charge is 2.04. The van der Waals surface area contributed by atoms with Gasteiger partial charge in [-0.25, -0.2) is 4.98 Å². The highest BCUT2D eigenvalue weighted by atomic mass is 16.1. The summed E-state index contributed by atoms with van der Waals surface area (Å²) >= 11 is 0. The molecule has 2 aromatic rings. The number of imidazole rings is 1. The van der Waals surface area contributed by atoms with E-state index in [1.54, 1.807) is 30.9 Å². The molecule has 2 aromatic heterocycles. The largest absolute Gasteiger partial charge is 0.397 e. The van der Waals surface area contributed by atoms with Crippen molar-refractivity contribution in [3.05, 3.63) is 42.2 Å². The molecule has 0 saturated heterocycles. The molecule has 0 saturated carbocycles. The molecule has 0 aliphatic carbocycles. The maximum absolute atomic E-state index is 11.6. The number of carbonyl (C=O) groups is 1. The summed E-state index contributed by atoms with van der Waals surface area (Å²) in [6, 6.07) is 3.49. The van der Waals surface area contributed by atoms with E-state index in [-0.39, 0.29) is 12.3 Å². The molecule has 0 atom stereocenters. The standard InChI is InChI=1S/C12H15N5O/c13-9-1-2-10(16-6-9)5-12(18)15-4-3-11-7-14-8-17-11/h1-2,6-8H,3-5,13H2,(H,14,17)(H,15,18). The van der Waals surface area contributed by atoms with Crippen LogP contribution in [0.25, 0.3) is 0 Å². The second-order valence-corrected chi connectivity index (χ2v) is 3.94. The lowest BCUT2D eigenvalue weighted by Crippen LogP contribution is -2.27. The molecule has 4 N–H and O–H groups in total. The van der Waals surface area contributed by atoms with E-state index in [1.165, 1.54) is 0 Å². The molecule has 0 unspecified atom stereocenters. The van der Waals surface area contributed by atoms with Crippen LogP contribution in [0.3, 0.4) is 0 Å². The Morgan fingerprint density at radius 1 is 1.39 bits per heavy atom. The van der Waals surface area contributed by atoms with Crippen molar-refractivity contribution in [3.63, 3.8) is 0 Å². The van der Waals surface area contributed by atoms with Crippen LogP contribution in [0.5, 0.6) is 0 Å². The van der Waals surface area contributed by atoms with Gasteiger partial charge in [0, 0.05) is 30.6 Å². The topological polar surface area (TPSA) is 96.7 Å². The lowest BCUT2D eigenvalue weighted by atomic mass is 10.2. The second kappa shape index (κ2) is 5.81. The molecular formula is C12H15N5O. The van der Waals surface area contributed by atoms with Crippen molar-refractivity contribution in [1.82, 2.24) is 20.3 Å². The Balaban J connectivity index is 1.73. The third-order valence-corrected chi connectivity index (χ3v) is 2.46. The number of nitrogen functional groups attached to an aromatic ring is 1. The van der Waals surface area contributed by atoms with Gasteiger partial charge in [-0.1, -0.05) is 0 Å². The number of aromatic nitrogens is 3. The summed E-state index contributed by atoms with van der Waals surface area (Å²) in [7, 11) is 0. The zero-order valence-corrected chi connectivity index (χ0v) is 9.89. The molecule has 2 rings (SSSR count). The van der Waals surface area contributed by atoms with E-state index in [1.807, 2.05) is 0 Å². The average molecular weight is 245 g/mol. The normalized spacial score (nSPS) is 10.2. The van der Waals surface area contributed by atoms with Crippen molar-refractivity contribution in [3.8, 4) is 0 Å². The second-order valence-electron chi connectivity index (χ2n) is 3.94. The van der Waals surface area contributed by atoms with E-state index >= 15 is 0 Å². The van der Waals surface area contributed by atoms with E-state index in [4.69, 9.17) is 5.73 Å². The van der Waals surface area contributed by atoms with Crippen LogP contribution >= 0.6 is 0 Å². The van der Waals surface area contributed by atoms with E-state index in [9.17, 15) is 4.79 Å². The first-order valence-electron chi connectivity index (χ1n) is 5.68. The first-order chi connectivity index (χ1) is 8.74. The minimum absolute atomic E-state index is 0.0493. The van der Waals surface area contributed by atoms with E-state index in [0.717, 1.165) is 12.1 Å². The molecule has 2 heterocycles. The van der Waals surface area contributed by atoms with Gasteiger partial charge in [0.15, 0.2) is 0 Å². The summed E-state index contributed by atoms with van der Waals surface area (Å²) in [5.74, 6) is -0.0493. The van der Waals surface area contributed by atoms with E-state index < -0.39 is 0 Å². The SMILES string of the molecule is Nc1ccc(CC(=O)NCCc2cnc[nH]2)nc1. The number of nitrogens with one attached hydrogen (secondary N) is 2. The molecule has 18 heavy (non-hydrogen) atoms. The van der Waals surface area contributed by atoms with Crippen molar-refractivity contribution in [2.75, 3.05) is 12.3 Å². The zero-order chi connectivity index (χ0) is 12.8. The Hall–Kier alpha value is -2.37. The molecule has 0 spiro atoms. The van der Waals surface area contributed by atoms with Crippen molar-refractivity contribution in [1.29, 1.82) is 0 Å². The average Bonchev–Trinajstić information content (AvgIpc) is 2.85. The highest BCUT2D eigenvalue weighted by Crippen LogP contribution is 2.01. The van der Waals surface area contributed by atoms with Crippen LogP contribution in [0.2, 0.25) is 0 Å². The number of carbonyl (C=O) groups excluding carboxylic acids is 1. The lowest BCUT2D eigenvalue weighted by molar-refractivity contribution is -0.120. The van der Waals surface area contributed by atoms with E-state index in [0.29, 0.717) is 17.9 Å². The smallest absolute Gasteiger partial charge is 0.226 e. The number of hydrogen-bond acceptors (Lipinski definition) is 4. The Kier molecular flexibility index (Phi) is 3.90. The molecule has 0 aromatic carbocycles. The third-order valence-electron chi connectivity index (χ3n) is 2.46. The van der Waals surface area contributed by atoms with Gasteiger partial charge in [0.05, 0.1) is 24.6 Å². The van der Waals surface area contributed by atoms with E-state index in [2.05, 4.69) is 20.3 Å². The molecule has 0 fully saturated rings. The van der Waals surface area contributed by atoms with Crippen LogP contribution in [0, 0.1) is 0 Å². The molecule has 0 aliphatic heterocycles. The Labute approximate surface area is 105 Å². The number of rotatable bonds is 5. The number of hydrogen-bond donors (Lipinski definition) is 3.